The molecule has 0 fully saturated rings. The fourth-order valence-corrected chi connectivity index (χ4v) is 5.20. The number of rotatable bonds is 8. The fraction of sp³-hybridized carbons (Fsp3) is 0.320. The van der Waals surface area contributed by atoms with Crippen molar-refractivity contribution in [1.29, 1.82) is 0 Å². The molecule has 1 aliphatic rings. The summed E-state index contributed by atoms with van der Waals surface area (Å²) in [6.07, 6.45) is 6.35. The molecular formula is C25H28N6O3S. The second-order valence-corrected chi connectivity index (χ2v) is 10.8. The molecule has 4 heterocycles. The van der Waals surface area contributed by atoms with Crippen molar-refractivity contribution in [2.75, 3.05) is 44.4 Å². The van der Waals surface area contributed by atoms with Crippen molar-refractivity contribution in [3.05, 3.63) is 60.6 Å². The van der Waals surface area contributed by atoms with Gasteiger partial charge in [0.05, 0.1) is 29.9 Å². The Morgan fingerprint density at radius 1 is 1.09 bits per heavy atom. The maximum Gasteiger partial charge on any atom is 0.232 e. The normalized spacial score (nSPS) is 13.5. The average molecular weight is 493 g/mol. The Morgan fingerprint density at radius 3 is 2.69 bits per heavy atom. The van der Waals surface area contributed by atoms with Crippen molar-refractivity contribution in [2.24, 2.45) is 0 Å². The number of anilines is 1. The highest BCUT2D eigenvalue weighted by Crippen LogP contribution is 2.33. The molecule has 1 aliphatic heterocycles. The van der Waals surface area contributed by atoms with Crippen molar-refractivity contribution >= 4 is 26.9 Å². The summed E-state index contributed by atoms with van der Waals surface area (Å²) in [6.45, 7) is 2.05. The number of nitrogens with zero attached hydrogens (tertiary/aromatic N) is 6. The van der Waals surface area contributed by atoms with Crippen molar-refractivity contribution < 1.29 is 13.2 Å². The summed E-state index contributed by atoms with van der Waals surface area (Å²) < 4.78 is 33.5. The Hall–Kier alpha value is -3.50. The molecular weight excluding hydrogens is 464 g/mol. The van der Waals surface area contributed by atoms with Gasteiger partial charge in [-0.1, -0.05) is 6.07 Å². The molecule has 0 bridgehead atoms. The molecule has 3 aromatic heterocycles. The van der Waals surface area contributed by atoms with Crippen LogP contribution in [0.1, 0.15) is 12.0 Å². The summed E-state index contributed by atoms with van der Waals surface area (Å²) in [5.41, 5.74) is 5.63. The molecule has 182 valence electrons. The summed E-state index contributed by atoms with van der Waals surface area (Å²) >= 11 is 0. The molecule has 5 rings (SSSR count). The number of ether oxygens (including phenoxy) is 1. The first kappa shape index (κ1) is 23.3. The number of benzene rings is 1. The van der Waals surface area contributed by atoms with Gasteiger partial charge in [0.25, 0.3) is 0 Å². The highest BCUT2D eigenvalue weighted by atomic mass is 32.2. The monoisotopic (exact) mass is 492 g/mol. The zero-order valence-corrected chi connectivity index (χ0v) is 20.9. The SMILES string of the molecule is CN(C)CCCOc1ccc(-c2ccc3ncn(-c4ccc5c(c4)N(S(C)(=O)=O)CC5)c3n2)cn1. The molecule has 10 heteroatoms. The van der Waals surface area contributed by atoms with E-state index >= 15 is 0 Å². The largest absolute Gasteiger partial charge is 0.478 e. The van der Waals surface area contributed by atoms with E-state index in [1.165, 1.54) is 10.6 Å². The number of hydrogen-bond donors (Lipinski definition) is 0. The van der Waals surface area contributed by atoms with Crippen molar-refractivity contribution in [1.82, 2.24) is 24.4 Å². The lowest BCUT2D eigenvalue weighted by Crippen LogP contribution is -2.27. The van der Waals surface area contributed by atoms with Crippen LogP contribution in [0.5, 0.6) is 5.88 Å². The fourth-order valence-electron chi connectivity index (χ4n) is 4.25. The summed E-state index contributed by atoms with van der Waals surface area (Å²) in [6, 6.07) is 13.5. The third-order valence-electron chi connectivity index (χ3n) is 6.03. The first-order valence-electron chi connectivity index (χ1n) is 11.5. The Kier molecular flexibility index (Phi) is 6.16. The van der Waals surface area contributed by atoms with Crippen LogP contribution in [0.3, 0.4) is 0 Å². The Balaban J connectivity index is 1.41. The quantitative estimate of drug-likeness (QED) is 0.349. The summed E-state index contributed by atoms with van der Waals surface area (Å²) in [7, 11) is 0.750. The molecule has 9 nitrogen and oxygen atoms in total. The van der Waals surface area contributed by atoms with Gasteiger partial charge in [-0.15, -0.1) is 0 Å². The van der Waals surface area contributed by atoms with Crippen molar-refractivity contribution in [3.63, 3.8) is 0 Å². The predicted octanol–water partition coefficient (Wildman–Crippen LogP) is 3.14. The van der Waals surface area contributed by atoms with E-state index in [0.717, 1.165) is 41.0 Å². The average Bonchev–Trinajstić information content (AvgIpc) is 3.45. The number of aromatic nitrogens is 4. The Morgan fingerprint density at radius 2 is 1.94 bits per heavy atom. The molecule has 35 heavy (non-hydrogen) atoms. The van der Waals surface area contributed by atoms with E-state index in [2.05, 4.69) is 14.9 Å². The second-order valence-electron chi connectivity index (χ2n) is 8.94. The summed E-state index contributed by atoms with van der Waals surface area (Å²) in [4.78, 5) is 15.9. The number of imidazole rings is 1. The number of hydrogen-bond acceptors (Lipinski definition) is 7. The van der Waals surface area contributed by atoms with Gasteiger partial charge in [-0.05, 0) is 62.8 Å². The molecule has 0 amide bonds. The second kappa shape index (κ2) is 9.27. The van der Waals surface area contributed by atoms with E-state index in [0.29, 0.717) is 36.8 Å². The van der Waals surface area contributed by atoms with Gasteiger partial charge >= 0.3 is 0 Å². The molecule has 0 saturated heterocycles. The Labute approximate surface area is 205 Å². The van der Waals surface area contributed by atoms with Gasteiger partial charge in [0.2, 0.25) is 15.9 Å². The van der Waals surface area contributed by atoms with Gasteiger partial charge in [-0.3, -0.25) is 8.87 Å². The van der Waals surface area contributed by atoms with Crippen molar-refractivity contribution in [3.8, 4) is 22.8 Å². The first-order valence-corrected chi connectivity index (χ1v) is 13.3. The lowest BCUT2D eigenvalue weighted by Gasteiger charge is -2.17. The molecule has 0 aliphatic carbocycles. The van der Waals surface area contributed by atoms with Crippen LogP contribution in [0.15, 0.2) is 55.0 Å². The van der Waals surface area contributed by atoms with Crippen LogP contribution >= 0.6 is 0 Å². The maximum absolute atomic E-state index is 12.2. The van der Waals surface area contributed by atoms with Crippen LogP contribution in [0, 0.1) is 0 Å². The number of sulfonamides is 1. The third-order valence-corrected chi connectivity index (χ3v) is 7.21. The van der Waals surface area contributed by atoms with Crippen LogP contribution in [0.25, 0.3) is 28.1 Å². The van der Waals surface area contributed by atoms with Gasteiger partial charge in [-0.25, -0.2) is 23.4 Å². The molecule has 0 saturated carbocycles. The van der Waals surface area contributed by atoms with E-state index in [1.54, 1.807) is 12.5 Å². The molecule has 0 N–H and O–H groups in total. The minimum atomic E-state index is -3.33. The minimum Gasteiger partial charge on any atom is -0.478 e. The lowest BCUT2D eigenvalue weighted by atomic mass is 10.1. The zero-order valence-electron chi connectivity index (χ0n) is 20.0. The van der Waals surface area contributed by atoms with Gasteiger partial charge in [0, 0.05) is 30.9 Å². The van der Waals surface area contributed by atoms with Crippen LogP contribution < -0.4 is 9.04 Å². The van der Waals surface area contributed by atoms with E-state index in [9.17, 15) is 8.42 Å². The smallest absolute Gasteiger partial charge is 0.232 e. The molecule has 1 aromatic carbocycles. The van der Waals surface area contributed by atoms with Gasteiger partial charge in [0.15, 0.2) is 5.65 Å². The standard InChI is InChI=1S/C25H28N6O3S/c1-29(2)12-4-14-34-24-10-6-19(16-26-24)21-8-9-22-25(28-21)30(17-27-22)20-7-5-18-11-13-31(23(18)15-20)35(3,32)33/h5-10,15-17H,4,11-14H2,1-3H3. The molecule has 4 aromatic rings. The molecule has 0 spiro atoms. The maximum atomic E-state index is 12.2. The number of pyridine rings is 2. The molecule has 0 atom stereocenters. The topological polar surface area (TPSA) is 93.5 Å². The van der Waals surface area contributed by atoms with E-state index in [4.69, 9.17) is 9.72 Å². The summed E-state index contributed by atoms with van der Waals surface area (Å²) in [5.74, 6) is 0.590. The van der Waals surface area contributed by atoms with Gasteiger partial charge in [-0.2, -0.15) is 0 Å². The van der Waals surface area contributed by atoms with Crippen LogP contribution in [0.2, 0.25) is 0 Å². The minimum absolute atomic E-state index is 0.465. The molecule has 0 unspecified atom stereocenters. The zero-order chi connectivity index (χ0) is 24.6. The summed E-state index contributed by atoms with van der Waals surface area (Å²) in [5, 5.41) is 0. The van der Waals surface area contributed by atoms with Crippen LogP contribution in [-0.2, 0) is 16.4 Å². The van der Waals surface area contributed by atoms with Crippen LogP contribution in [-0.4, -0.2) is 72.9 Å². The van der Waals surface area contributed by atoms with Crippen molar-refractivity contribution in [2.45, 2.75) is 12.8 Å². The first-order chi connectivity index (χ1) is 16.8. The van der Waals surface area contributed by atoms with Gasteiger partial charge < -0.3 is 9.64 Å². The predicted molar refractivity (Wildman–Crippen MR) is 137 cm³/mol. The van der Waals surface area contributed by atoms with E-state index in [1.807, 2.05) is 61.1 Å². The van der Waals surface area contributed by atoms with E-state index in [-0.39, 0.29) is 0 Å². The Bertz CT molecular complexity index is 1460. The molecule has 0 radical (unpaired) electrons. The van der Waals surface area contributed by atoms with E-state index < -0.39 is 10.0 Å². The highest BCUT2D eigenvalue weighted by molar-refractivity contribution is 7.92. The number of fused-ring (bicyclic) bond motifs is 2. The lowest BCUT2D eigenvalue weighted by molar-refractivity contribution is 0.273. The van der Waals surface area contributed by atoms with Crippen LogP contribution in [0.4, 0.5) is 5.69 Å². The highest BCUT2D eigenvalue weighted by Gasteiger charge is 2.26. The third kappa shape index (κ3) is 4.85. The van der Waals surface area contributed by atoms with Gasteiger partial charge in [0.1, 0.15) is 11.8 Å².